The number of pyridine rings is 1. The summed E-state index contributed by atoms with van der Waals surface area (Å²) in [5.74, 6) is 0.546. The highest BCUT2D eigenvalue weighted by molar-refractivity contribution is 5.78. The largest absolute Gasteiger partial charge is 0.379 e. The first-order valence-electron chi connectivity index (χ1n) is 7.63. The molecule has 1 amide bonds. The third kappa shape index (κ3) is 5.56. The molecular formula is C18H23N3O. The van der Waals surface area contributed by atoms with Crippen molar-refractivity contribution in [3.8, 4) is 0 Å². The maximum Gasteiger partial charge on any atom is 0.224 e. The van der Waals surface area contributed by atoms with E-state index in [9.17, 15) is 4.79 Å². The summed E-state index contributed by atoms with van der Waals surface area (Å²) in [5, 5.41) is 6.25. The van der Waals surface area contributed by atoms with Gasteiger partial charge in [0.05, 0.1) is 18.7 Å². The first-order valence-corrected chi connectivity index (χ1v) is 7.63. The number of aromatic nitrogens is 1. The van der Waals surface area contributed by atoms with E-state index in [1.54, 1.807) is 6.20 Å². The Balaban J connectivity index is 1.81. The lowest BCUT2D eigenvalue weighted by Crippen LogP contribution is -2.28. The normalized spacial score (nSPS) is 10.5. The quantitative estimate of drug-likeness (QED) is 0.826. The number of amides is 1. The van der Waals surface area contributed by atoms with Crippen molar-refractivity contribution in [2.45, 2.75) is 26.8 Å². The second-order valence-corrected chi connectivity index (χ2v) is 5.75. The third-order valence-corrected chi connectivity index (χ3v) is 3.23. The zero-order valence-electron chi connectivity index (χ0n) is 13.2. The van der Waals surface area contributed by atoms with Crippen molar-refractivity contribution in [3.05, 3.63) is 59.9 Å². The number of carbonyl (C=O) groups excluding carboxylic acids is 1. The number of rotatable bonds is 7. The molecule has 2 N–H and O–H groups in total. The van der Waals surface area contributed by atoms with E-state index in [2.05, 4.69) is 29.5 Å². The molecule has 0 aliphatic carbocycles. The van der Waals surface area contributed by atoms with E-state index in [1.807, 2.05) is 42.5 Å². The summed E-state index contributed by atoms with van der Waals surface area (Å²) < 4.78 is 0. The topological polar surface area (TPSA) is 54.0 Å². The summed E-state index contributed by atoms with van der Waals surface area (Å²) in [4.78, 5) is 16.0. The van der Waals surface area contributed by atoms with Gasteiger partial charge in [0.25, 0.3) is 0 Å². The van der Waals surface area contributed by atoms with E-state index in [1.165, 1.54) is 0 Å². The SMILES string of the molecule is CC(C)CNC(=O)Cc1ccc(NCc2ccccn2)cc1. The van der Waals surface area contributed by atoms with Crippen LogP contribution in [0.1, 0.15) is 25.1 Å². The molecule has 0 fully saturated rings. The van der Waals surface area contributed by atoms with Crippen LogP contribution in [-0.2, 0) is 17.8 Å². The second-order valence-electron chi connectivity index (χ2n) is 5.75. The molecule has 0 radical (unpaired) electrons. The van der Waals surface area contributed by atoms with Gasteiger partial charge in [0.15, 0.2) is 0 Å². The molecule has 0 atom stereocenters. The molecule has 1 aromatic heterocycles. The number of hydrogen-bond acceptors (Lipinski definition) is 3. The van der Waals surface area contributed by atoms with E-state index in [0.29, 0.717) is 18.9 Å². The molecule has 22 heavy (non-hydrogen) atoms. The maximum absolute atomic E-state index is 11.8. The number of anilines is 1. The van der Waals surface area contributed by atoms with E-state index in [4.69, 9.17) is 0 Å². The molecule has 4 nitrogen and oxygen atoms in total. The number of nitrogens with one attached hydrogen (secondary N) is 2. The van der Waals surface area contributed by atoms with Crippen molar-refractivity contribution in [2.24, 2.45) is 5.92 Å². The zero-order chi connectivity index (χ0) is 15.8. The van der Waals surface area contributed by atoms with Crippen LogP contribution in [0.3, 0.4) is 0 Å². The molecule has 2 aromatic rings. The molecule has 0 saturated heterocycles. The highest BCUT2D eigenvalue weighted by atomic mass is 16.1. The maximum atomic E-state index is 11.8. The van der Waals surface area contributed by atoms with Crippen LogP contribution >= 0.6 is 0 Å². The Hall–Kier alpha value is -2.36. The van der Waals surface area contributed by atoms with Gasteiger partial charge in [-0.1, -0.05) is 32.0 Å². The van der Waals surface area contributed by atoms with Crippen molar-refractivity contribution < 1.29 is 4.79 Å². The van der Waals surface area contributed by atoms with Crippen LogP contribution < -0.4 is 10.6 Å². The fourth-order valence-corrected chi connectivity index (χ4v) is 2.00. The molecular weight excluding hydrogens is 274 g/mol. The van der Waals surface area contributed by atoms with Crippen LogP contribution in [0.5, 0.6) is 0 Å². The molecule has 1 aromatic carbocycles. The number of nitrogens with zero attached hydrogens (tertiary/aromatic N) is 1. The summed E-state index contributed by atoms with van der Waals surface area (Å²) >= 11 is 0. The lowest BCUT2D eigenvalue weighted by Gasteiger charge is -2.09. The summed E-state index contributed by atoms with van der Waals surface area (Å²) in [6.07, 6.45) is 2.21. The number of carbonyl (C=O) groups is 1. The lowest BCUT2D eigenvalue weighted by molar-refractivity contribution is -0.120. The average molecular weight is 297 g/mol. The highest BCUT2D eigenvalue weighted by Gasteiger charge is 2.04. The molecule has 1 heterocycles. The summed E-state index contributed by atoms with van der Waals surface area (Å²) in [7, 11) is 0. The van der Waals surface area contributed by atoms with E-state index >= 15 is 0 Å². The molecule has 4 heteroatoms. The molecule has 116 valence electrons. The van der Waals surface area contributed by atoms with Gasteiger partial charge in [0.1, 0.15) is 0 Å². The monoisotopic (exact) mass is 297 g/mol. The van der Waals surface area contributed by atoms with Gasteiger partial charge in [0, 0.05) is 18.4 Å². The van der Waals surface area contributed by atoms with E-state index in [-0.39, 0.29) is 5.91 Å². The number of hydrogen-bond donors (Lipinski definition) is 2. The van der Waals surface area contributed by atoms with Crippen LogP contribution in [0, 0.1) is 5.92 Å². The summed E-state index contributed by atoms with van der Waals surface area (Å²) in [6, 6.07) is 13.8. The van der Waals surface area contributed by atoms with Crippen LogP contribution in [-0.4, -0.2) is 17.4 Å². The lowest BCUT2D eigenvalue weighted by atomic mass is 10.1. The Morgan fingerprint density at radius 3 is 2.55 bits per heavy atom. The highest BCUT2D eigenvalue weighted by Crippen LogP contribution is 2.11. The Morgan fingerprint density at radius 1 is 1.14 bits per heavy atom. The van der Waals surface area contributed by atoms with Crippen LogP contribution in [0.4, 0.5) is 5.69 Å². The Bertz CT molecular complexity index is 579. The minimum Gasteiger partial charge on any atom is -0.379 e. The minimum atomic E-state index is 0.0721. The first kappa shape index (κ1) is 16.0. The molecule has 0 bridgehead atoms. The summed E-state index contributed by atoms with van der Waals surface area (Å²) in [6.45, 7) is 5.59. The molecule has 0 aliphatic rings. The predicted octanol–water partition coefficient (Wildman–Crippen LogP) is 3.01. The van der Waals surface area contributed by atoms with E-state index in [0.717, 1.165) is 23.5 Å². The van der Waals surface area contributed by atoms with Gasteiger partial charge in [0.2, 0.25) is 5.91 Å². The van der Waals surface area contributed by atoms with Crippen LogP contribution in [0.25, 0.3) is 0 Å². The standard InChI is InChI=1S/C18H23N3O/c1-14(2)12-21-18(22)11-15-6-8-16(9-7-15)20-13-17-5-3-4-10-19-17/h3-10,14,20H,11-13H2,1-2H3,(H,21,22). The Morgan fingerprint density at radius 2 is 1.91 bits per heavy atom. The van der Waals surface area contributed by atoms with Crippen molar-refractivity contribution in [1.29, 1.82) is 0 Å². The molecule has 0 aliphatic heterocycles. The van der Waals surface area contributed by atoms with Gasteiger partial charge < -0.3 is 10.6 Å². The smallest absolute Gasteiger partial charge is 0.224 e. The van der Waals surface area contributed by atoms with Gasteiger partial charge in [-0.3, -0.25) is 9.78 Å². The molecule has 0 spiro atoms. The zero-order valence-corrected chi connectivity index (χ0v) is 13.2. The molecule has 0 saturated carbocycles. The van der Waals surface area contributed by atoms with Crippen molar-refractivity contribution in [2.75, 3.05) is 11.9 Å². The fraction of sp³-hybridized carbons (Fsp3) is 0.333. The second kappa shape index (κ2) is 8.17. The predicted molar refractivity (Wildman–Crippen MR) is 89.6 cm³/mol. The van der Waals surface area contributed by atoms with Gasteiger partial charge in [-0.2, -0.15) is 0 Å². The van der Waals surface area contributed by atoms with Crippen molar-refractivity contribution in [1.82, 2.24) is 10.3 Å². The fourth-order valence-electron chi connectivity index (χ4n) is 2.00. The number of benzene rings is 1. The van der Waals surface area contributed by atoms with Crippen molar-refractivity contribution >= 4 is 11.6 Å². The van der Waals surface area contributed by atoms with Gasteiger partial charge >= 0.3 is 0 Å². The van der Waals surface area contributed by atoms with Crippen molar-refractivity contribution in [3.63, 3.8) is 0 Å². The van der Waals surface area contributed by atoms with Gasteiger partial charge in [-0.15, -0.1) is 0 Å². The first-order chi connectivity index (χ1) is 10.6. The Labute approximate surface area is 132 Å². The average Bonchev–Trinajstić information content (AvgIpc) is 2.53. The van der Waals surface area contributed by atoms with E-state index < -0.39 is 0 Å². The van der Waals surface area contributed by atoms with Crippen LogP contribution in [0.2, 0.25) is 0 Å². The van der Waals surface area contributed by atoms with Gasteiger partial charge in [-0.25, -0.2) is 0 Å². The van der Waals surface area contributed by atoms with Crippen LogP contribution in [0.15, 0.2) is 48.7 Å². The molecule has 0 unspecified atom stereocenters. The summed E-state index contributed by atoms with van der Waals surface area (Å²) in [5.41, 5.74) is 3.04. The third-order valence-electron chi connectivity index (χ3n) is 3.23. The Kier molecular flexibility index (Phi) is 5.95. The molecule has 2 rings (SSSR count). The van der Waals surface area contributed by atoms with Gasteiger partial charge in [-0.05, 0) is 35.7 Å². The minimum absolute atomic E-state index is 0.0721.